The first-order valence-corrected chi connectivity index (χ1v) is 5.62. The minimum Gasteiger partial charge on any atom is -0.488 e. The number of aryl methyl sites for hydroxylation is 1. The molecule has 0 aliphatic heterocycles. The number of ether oxygens (including phenoxy) is 1. The van der Waals surface area contributed by atoms with Crippen LogP contribution in [-0.2, 0) is 6.61 Å². The zero-order valence-electron chi connectivity index (χ0n) is 10.3. The average Bonchev–Trinajstić information content (AvgIpc) is 2.45. The molecule has 0 saturated heterocycles. The predicted molar refractivity (Wildman–Crippen MR) is 61.7 cm³/mol. The van der Waals surface area contributed by atoms with E-state index in [1.54, 1.807) is 25.1 Å². The molecule has 0 spiro atoms. The van der Waals surface area contributed by atoms with E-state index in [9.17, 15) is 22.0 Å². The quantitative estimate of drug-likeness (QED) is 0.465. The topological polar surface area (TPSA) is 9.23 Å². The highest BCUT2D eigenvalue weighted by molar-refractivity contribution is 5.32. The Hall–Kier alpha value is -2.11. The molecule has 2 aromatic rings. The van der Waals surface area contributed by atoms with Crippen LogP contribution in [-0.4, -0.2) is 0 Å². The standard InChI is InChI=1S/C14H9F5O/c1-7-4-2-3-5-9(7)20-6-8-10(15)12(17)14(19)13(18)11(8)16/h2-5H,6H2,1H3. The molecule has 0 bridgehead atoms. The number of halogens is 5. The van der Waals surface area contributed by atoms with E-state index in [-0.39, 0.29) is 0 Å². The van der Waals surface area contributed by atoms with Crippen molar-refractivity contribution in [3.05, 3.63) is 64.5 Å². The SMILES string of the molecule is Cc1ccccc1OCc1c(F)c(F)c(F)c(F)c1F. The summed E-state index contributed by atoms with van der Waals surface area (Å²) in [5.74, 6) is -9.60. The van der Waals surface area contributed by atoms with Gasteiger partial charge in [-0.25, -0.2) is 22.0 Å². The molecule has 0 radical (unpaired) electrons. The third-order valence-corrected chi connectivity index (χ3v) is 2.77. The Labute approximate surface area is 111 Å². The molecule has 0 amide bonds. The first kappa shape index (κ1) is 14.3. The van der Waals surface area contributed by atoms with Crippen molar-refractivity contribution in [2.75, 3.05) is 0 Å². The number of rotatable bonds is 3. The molecule has 2 rings (SSSR count). The number of benzene rings is 2. The number of hydrogen-bond acceptors (Lipinski definition) is 1. The Morgan fingerprint density at radius 2 is 1.30 bits per heavy atom. The summed E-state index contributed by atoms with van der Waals surface area (Å²) >= 11 is 0. The van der Waals surface area contributed by atoms with Gasteiger partial charge in [-0.3, -0.25) is 0 Å². The molecule has 2 aromatic carbocycles. The number of para-hydroxylation sites is 1. The van der Waals surface area contributed by atoms with E-state index in [1.807, 2.05) is 0 Å². The predicted octanol–water partition coefficient (Wildman–Crippen LogP) is 4.27. The molecule has 0 fully saturated rings. The lowest BCUT2D eigenvalue weighted by molar-refractivity contribution is 0.277. The summed E-state index contributed by atoms with van der Waals surface area (Å²) < 4.78 is 70.7. The molecule has 0 saturated carbocycles. The van der Waals surface area contributed by atoms with Gasteiger partial charge in [-0.15, -0.1) is 0 Å². The van der Waals surface area contributed by atoms with Gasteiger partial charge in [0, 0.05) is 0 Å². The van der Waals surface area contributed by atoms with E-state index in [0.717, 1.165) is 0 Å². The summed E-state index contributed by atoms with van der Waals surface area (Å²) in [7, 11) is 0. The Kier molecular flexibility index (Phi) is 3.92. The van der Waals surface area contributed by atoms with Crippen LogP contribution >= 0.6 is 0 Å². The van der Waals surface area contributed by atoms with Gasteiger partial charge in [0.2, 0.25) is 5.82 Å². The fraction of sp³-hybridized carbons (Fsp3) is 0.143. The van der Waals surface area contributed by atoms with Crippen LogP contribution in [0.15, 0.2) is 24.3 Å². The monoisotopic (exact) mass is 288 g/mol. The van der Waals surface area contributed by atoms with E-state index in [4.69, 9.17) is 4.74 Å². The van der Waals surface area contributed by atoms with Crippen LogP contribution in [0.4, 0.5) is 22.0 Å². The molecule has 6 heteroatoms. The van der Waals surface area contributed by atoms with Gasteiger partial charge >= 0.3 is 0 Å². The van der Waals surface area contributed by atoms with Crippen LogP contribution in [0.2, 0.25) is 0 Å². The summed E-state index contributed by atoms with van der Waals surface area (Å²) in [6.45, 7) is 0.935. The van der Waals surface area contributed by atoms with Gasteiger partial charge in [0.15, 0.2) is 23.3 Å². The van der Waals surface area contributed by atoms with Crippen molar-refractivity contribution in [2.45, 2.75) is 13.5 Å². The van der Waals surface area contributed by atoms with E-state index >= 15 is 0 Å². The zero-order valence-corrected chi connectivity index (χ0v) is 10.3. The van der Waals surface area contributed by atoms with Gasteiger partial charge in [0.1, 0.15) is 12.4 Å². The van der Waals surface area contributed by atoms with E-state index in [1.165, 1.54) is 6.07 Å². The van der Waals surface area contributed by atoms with Crippen LogP contribution in [0, 0.1) is 36.0 Å². The molecule has 20 heavy (non-hydrogen) atoms. The maximum absolute atomic E-state index is 13.4. The average molecular weight is 288 g/mol. The smallest absolute Gasteiger partial charge is 0.200 e. The second-order valence-electron chi connectivity index (χ2n) is 4.10. The van der Waals surface area contributed by atoms with Crippen LogP contribution < -0.4 is 4.74 Å². The van der Waals surface area contributed by atoms with Gasteiger partial charge in [0.25, 0.3) is 0 Å². The van der Waals surface area contributed by atoms with E-state index < -0.39 is 41.3 Å². The van der Waals surface area contributed by atoms with Gasteiger partial charge in [-0.05, 0) is 18.6 Å². The van der Waals surface area contributed by atoms with Crippen LogP contribution in [0.1, 0.15) is 11.1 Å². The first-order valence-electron chi connectivity index (χ1n) is 5.62. The van der Waals surface area contributed by atoms with Gasteiger partial charge in [-0.1, -0.05) is 18.2 Å². The van der Waals surface area contributed by atoms with Crippen molar-refractivity contribution >= 4 is 0 Å². The maximum Gasteiger partial charge on any atom is 0.200 e. The highest BCUT2D eigenvalue weighted by Gasteiger charge is 2.25. The minimum absolute atomic E-state index is 0.302. The van der Waals surface area contributed by atoms with Crippen molar-refractivity contribution in [3.63, 3.8) is 0 Å². The van der Waals surface area contributed by atoms with Crippen molar-refractivity contribution in [1.82, 2.24) is 0 Å². The molecule has 0 atom stereocenters. The Morgan fingerprint density at radius 3 is 1.85 bits per heavy atom. The summed E-state index contributed by atoms with van der Waals surface area (Å²) in [5.41, 5.74) is -0.318. The molecule has 0 heterocycles. The third kappa shape index (κ3) is 2.45. The van der Waals surface area contributed by atoms with Crippen molar-refractivity contribution < 1.29 is 26.7 Å². The molecule has 0 aromatic heterocycles. The zero-order chi connectivity index (χ0) is 14.9. The Bertz CT molecular complexity index is 625. The van der Waals surface area contributed by atoms with Crippen molar-refractivity contribution in [2.24, 2.45) is 0 Å². The molecular weight excluding hydrogens is 279 g/mol. The van der Waals surface area contributed by atoms with Gasteiger partial charge in [-0.2, -0.15) is 0 Å². The summed E-state index contributed by atoms with van der Waals surface area (Å²) in [6, 6.07) is 6.57. The highest BCUT2D eigenvalue weighted by atomic mass is 19.2. The van der Waals surface area contributed by atoms with Crippen LogP contribution in [0.3, 0.4) is 0 Å². The lowest BCUT2D eigenvalue weighted by atomic mass is 10.1. The van der Waals surface area contributed by atoms with Gasteiger partial charge in [0.05, 0.1) is 5.56 Å². The summed E-state index contributed by atoms with van der Waals surface area (Å²) in [5, 5.41) is 0. The molecule has 0 unspecified atom stereocenters. The number of hydrogen-bond donors (Lipinski definition) is 0. The van der Waals surface area contributed by atoms with Gasteiger partial charge < -0.3 is 4.74 Å². The Balaban J connectivity index is 2.33. The lowest BCUT2D eigenvalue weighted by Crippen LogP contribution is -2.10. The maximum atomic E-state index is 13.4. The van der Waals surface area contributed by atoms with Crippen molar-refractivity contribution in [3.8, 4) is 5.75 Å². The van der Waals surface area contributed by atoms with Crippen molar-refractivity contribution in [1.29, 1.82) is 0 Å². The van der Waals surface area contributed by atoms with Crippen LogP contribution in [0.25, 0.3) is 0 Å². The largest absolute Gasteiger partial charge is 0.488 e. The second-order valence-corrected chi connectivity index (χ2v) is 4.10. The molecule has 1 nitrogen and oxygen atoms in total. The first-order chi connectivity index (χ1) is 9.43. The molecular formula is C14H9F5O. The second kappa shape index (κ2) is 5.48. The van der Waals surface area contributed by atoms with Crippen LogP contribution in [0.5, 0.6) is 5.75 Å². The molecule has 0 aliphatic carbocycles. The third-order valence-electron chi connectivity index (χ3n) is 2.77. The van der Waals surface area contributed by atoms with E-state index in [2.05, 4.69) is 0 Å². The lowest BCUT2D eigenvalue weighted by Gasteiger charge is -2.11. The normalized spacial score (nSPS) is 10.7. The Morgan fingerprint density at radius 1 is 0.800 bits per heavy atom. The fourth-order valence-electron chi connectivity index (χ4n) is 1.65. The summed E-state index contributed by atoms with van der Waals surface area (Å²) in [4.78, 5) is 0. The minimum atomic E-state index is -2.18. The van der Waals surface area contributed by atoms with E-state index in [0.29, 0.717) is 11.3 Å². The highest BCUT2D eigenvalue weighted by Crippen LogP contribution is 2.25. The fourth-order valence-corrected chi connectivity index (χ4v) is 1.65. The molecule has 106 valence electrons. The summed E-state index contributed by atoms with van der Waals surface area (Å²) in [6.07, 6.45) is 0. The molecule has 0 aliphatic rings. The molecule has 0 N–H and O–H groups in total.